The van der Waals surface area contributed by atoms with Gasteiger partial charge in [-0.2, -0.15) is 0 Å². The molecule has 1 aromatic carbocycles. The lowest BCUT2D eigenvalue weighted by atomic mass is 9.89. The summed E-state index contributed by atoms with van der Waals surface area (Å²) in [5.41, 5.74) is 8.18. The zero-order valence-electron chi connectivity index (χ0n) is 11.5. The van der Waals surface area contributed by atoms with Crippen molar-refractivity contribution in [2.45, 2.75) is 57.8 Å². The van der Waals surface area contributed by atoms with Gasteiger partial charge in [-0.1, -0.05) is 12.1 Å². The minimum absolute atomic E-state index is 0.0290. The van der Waals surface area contributed by atoms with Crippen LogP contribution >= 0.6 is 0 Å². The van der Waals surface area contributed by atoms with Crippen LogP contribution in [0.4, 0.5) is 0 Å². The molecule has 98 valence electrons. The van der Waals surface area contributed by atoms with E-state index < -0.39 is 0 Å². The molecule has 3 heteroatoms. The Balaban J connectivity index is 2.12. The van der Waals surface area contributed by atoms with Crippen LogP contribution in [0.15, 0.2) is 12.1 Å². The molecule has 1 aromatic rings. The van der Waals surface area contributed by atoms with Gasteiger partial charge in [-0.15, -0.1) is 0 Å². The van der Waals surface area contributed by atoms with E-state index in [1.165, 1.54) is 5.56 Å². The molecule has 0 saturated heterocycles. The topological polar surface area (TPSA) is 44.5 Å². The van der Waals surface area contributed by atoms with Gasteiger partial charge < -0.3 is 15.2 Å². The number of hydrogen-bond donors (Lipinski definition) is 1. The zero-order chi connectivity index (χ0) is 13.1. The Bertz CT molecular complexity index is 505. The van der Waals surface area contributed by atoms with Gasteiger partial charge in [0.1, 0.15) is 11.2 Å². The van der Waals surface area contributed by atoms with Crippen molar-refractivity contribution in [1.82, 2.24) is 0 Å². The Labute approximate surface area is 108 Å². The Kier molecular flexibility index (Phi) is 2.25. The van der Waals surface area contributed by atoms with Crippen LogP contribution in [0, 0.1) is 0 Å². The third kappa shape index (κ3) is 1.77. The van der Waals surface area contributed by atoms with Gasteiger partial charge in [-0.25, -0.2) is 0 Å². The second kappa shape index (κ2) is 3.41. The molecule has 3 rings (SSSR count). The van der Waals surface area contributed by atoms with Gasteiger partial charge in [0.25, 0.3) is 0 Å². The number of hydrogen-bond acceptors (Lipinski definition) is 3. The summed E-state index contributed by atoms with van der Waals surface area (Å²) in [6, 6.07) is 4.25. The van der Waals surface area contributed by atoms with Crippen molar-refractivity contribution < 1.29 is 9.47 Å². The summed E-state index contributed by atoms with van der Waals surface area (Å²) in [5.74, 6) is 1.77. The first-order valence-corrected chi connectivity index (χ1v) is 6.57. The highest BCUT2D eigenvalue weighted by Gasteiger charge is 2.39. The standard InChI is InChI=1S/C15H21NO2/c1-14(2)7-9-5-6-10-11(16)8-15(3,4)18-13(10)12(9)17-14/h5-6,11H,7-8,16H2,1-4H3. The fraction of sp³-hybridized carbons (Fsp3) is 0.600. The van der Waals surface area contributed by atoms with Crippen LogP contribution in [-0.2, 0) is 6.42 Å². The lowest BCUT2D eigenvalue weighted by Gasteiger charge is -2.37. The van der Waals surface area contributed by atoms with E-state index in [2.05, 4.69) is 39.8 Å². The van der Waals surface area contributed by atoms with E-state index in [1.54, 1.807) is 0 Å². The van der Waals surface area contributed by atoms with Gasteiger partial charge in [-0.3, -0.25) is 0 Å². The molecule has 2 heterocycles. The van der Waals surface area contributed by atoms with Gasteiger partial charge in [0.15, 0.2) is 11.5 Å². The fourth-order valence-electron chi connectivity index (χ4n) is 3.00. The smallest absolute Gasteiger partial charge is 0.167 e. The molecule has 2 aliphatic heterocycles. The molecular weight excluding hydrogens is 226 g/mol. The summed E-state index contributed by atoms with van der Waals surface area (Å²) < 4.78 is 12.2. The first-order valence-electron chi connectivity index (χ1n) is 6.57. The molecule has 0 radical (unpaired) electrons. The predicted molar refractivity (Wildman–Crippen MR) is 71.1 cm³/mol. The van der Waals surface area contributed by atoms with Crippen LogP contribution < -0.4 is 15.2 Å². The van der Waals surface area contributed by atoms with E-state index in [-0.39, 0.29) is 17.2 Å². The van der Waals surface area contributed by atoms with Crippen LogP contribution in [0.2, 0.25) is 0 Å². The summed E-state index contributed by atoms with van der Waals surface area (Å²) in [5, 5.41) is 0. The normalized spacial score (nSPS) is 26.8. The van der Waals surface area contributed by atoms with E-state index >= 15 is 0 Å². The lowest BCUT2D eigenvalue weighted by Crippen LogP contribution is -2.37. The van der Waals surface area contributed by atoms with Gasteiger partial charge in [-0.05, 0) is 27.7 Å². The first-order chi connectivity index (χ1) is 8.27. The zero-order valence-corrected chi connectivity index (χ0v) is 11.5. The number of rotatable bonds is 0. The van der Waals surface area contributed by atoms with Crippen LogP contribution in [0.5, 0.6) is 11.5 Å². The molecule has 0 amide bonds. The van der Waals surface area contributed by atoms with Crippen molar-refractivity contribution in [2.75, 3.05) is 0 Å². The number of nitrogens with two attached hydrogens (primary N) is 1. The number of ether oxygens (including phenoxy) is 2. The van der Waals surface area contributed by atoms with Crippen molar-refractivity contribution in [3.8, 4) is 11.5 Å². The second-order valence-corrected chi connectivity index (χ2v) is 6.68. The van der Waals surface area contributed by atoms with Crippen LogP contribution in [0.1, 0.15) is 51.3 Å². The van der Waals surface area contributed by atoms with E-state index in [4.69, 9.17) is 15.2 Å². The van der Waals surface area contributed by atoms with Gasteiger partial charge in [0.05, 0.1) is 0 Å². The molecule has 2 aliphatic rings. The van der Waals surface area contributed by atoms with Crippen LogP contribution in [0.25, 0.3) is 0 Å². The molecule has 18 heavy (non-hydrogen) atoms. The Morgan fingerprint density at radius 2 is 1.72 bits per heavy atom. The molecule has 0 spiro atoms. The Morgan fingerprint density at radius 3 is 2.44 bits per heavy atom. The molecule has 0 saturated carbocycles. The van der Waals surface area contributed by atoms with Gasteiger partial charge in [0, 0.05) is 30.0 Å². The van der Waals surface area contributed by atoms with Crippen LogP contribution in [-0.4, -0.2) is 11.2 Å². The van der Waals surface area contributed by atoms with Crippen molar-refractivity contribution in [3.63, 3.8) is 0 Å². The third-order valence-electron chi connectivity index (χ3n) is 3.71. The number of fused-ring (bicyclic) bond motifs is 3. The largest absolute Gasteiger partial charge is 0.484 e. The average Bonchev–Trinajstić information content (AvgIpc) is 2.50. The van der Waals surface area contributed by atoms with Crippen LogP contribution in [0.3, 0.4) is 0 Å². The highest BCUT2D eigenvalue weighted by Crippen LogP contribution is 2.49. The molecule has 2 N–H and O–H groups in total. The van der Waals surface area contributed by atoms with Gasteiger partial charge >= 0.3 is 0 Å². The lowest BCUT2D eigenvalue weighted by molar-refractivity contribution is 0.0609. The van der Waals surface area contributed by atoms with Gasteiger partial charge in [0.2, 0.25) is 0 Å². The molecule has 0 fully saturated rings. The fourth-order valence-corrected chi connectivity index (χ4v) is 3.00. The molecule has 0 aromatic heterocycles. The van der Waals surface area contributed by atoms with Crippen molar-refractivity contribution in [2.24, 2.45) is 5.73 Å². The van der Waals surface area contributed by atoms with Crippen molar-refractivity contribution >= 4 is 0 Å². The molecule has 3 nitrogen and oxygen atoms in total. The summed E-state index contributed by atoms with van der Waals surface area (Å²) >= 11 is 0. The first kappa shape index (κ1) is 11.8. The minimum Gasteiger partial charge on any atom is -0.484 e. The quantitative estimate of drug-likeness (QED) is 0.766. The second-order valence-electron chi connectivity index (χ2n) is 6.68. The highest BCUT2D eigenvalue weighted by atomic mass is 16.5. The van der Waals surface area contributed by atoms with E-state index in [9.17, 15) is 0 Å². The van der Waals surface area contributed by atoms with E-state index in [0.717, 1.165) is 29.9 Å². The molecule has 0 aliphatic carbocycles. The third-order valence-corrected chi connectivity index (χ3v) is 3.71. The monoisotopic (exact) mass is 247 g/mol. The van der Waals surface area contributed by atoms with E-state index in [0.29, 0.717) is 0 Å². The summed E-state index contributed by atoms with van der Waals surface area (Å²) in [6.45, 7) is 8.37. The minimum atomic E-state index is -0.225. The highest BCUT2D eigenvalue weighted by molar-refractivity contribution is 5.56. The Hall–Kier alpha value is -1.22. The molecule has 1 atom stereocenters. The molecular formula is C15H21NO2. The predicted octanol–water partition coefficient (Wildman–Crippen LogP) is 2.96. The maximum atomic E-state index is 6.25. The summed E-state index contributed by atoms with van der Waals surface area (Å²) in [4.78, 5) is 0. The maximum absolute atomic E-state index is 6.25. The van der Waals surface area contributed by atoms with E-state index in [1.807, 2.05) is 0 Å². The maximum Gasteiger partial charge on any atom is 0.167 e. The summed E-state index contributed by atoms with van der Waals surface area (Å²) in [6.07, 6.45) is 1.76. The van der Waals surface area contributed by atoms with Crippen molar-refractivity contribution in [1.29, 1.82) is 0 Å². The average molecular weight is 247 g/mol. The number of benzene rings is 1. The Morgan fingerprint density at radius 1 is 1.06 bits per heavy atom. The molecule has 0 bridgehead atoms. The van der Waals surface area contributed by atoms with Crippen molar-refractivity contribution in [3.05, 3.63) is 23.3 Å². The molecule has 1 unspecified atom stereocenters. The SMILES string of the molecule is CC1(C)Cc2ccc3c(c2O1)OC(C)(C)CC3N. The summed E-state index contributed by atoms with van der Waals surface area (Å²) in [7, 11) is 0.